The summed E-state index contributed by atoms with van der Waals surface area (Å²) in [5, 5.41) is 9.57. The SMILES string of the molecule is O=C(O)c1ncncc1Sc1cccc(Cl)c1. The maximum Gasteiger partial charge on any atom is 0.355 e. The Morgan fingerprint density at radius 3 is 2.94 bits per heavy atom. The number of nitrogens with zero attached hydrogens (tertiary/aromatic N) is 2. The Labute approximate surface area is 107 Å². The second-order valence-corrected chi connectivity index (χ2v) is 4.65. The molecule has 0 radical (unpaired) electrons. The van der Waals surface area contributed by atoms with Crippen molar-refractivity contribution in [2.75, 3.05) is 0 Å². The first kappa shape index (κ1) is 11.9. The summed E-state index contributed by atoms with van der Waals surface area (Å²) in [4.78, 5) is 19.8. The van der Waals surface area contributed by atoms with Crippen molar-refractivity contribution in [3.8, 4) is 0 Å². The second kappa shape index (κ2) is 5.16. The van der Waals surface area contributed by atoms with Gasteiger partial charge in [-0.3, -0.25) is 0 Å². The van der Waals surface area contributed by atoms with E-state index >= 15 is 0 Å². The Kier molecular flexibility index (Phi) is 3.61. The molecule has 0 atom stereocenters. The molecule has 2 rings (SSSR count). The highest BCUT2D eigenvalue weighted by atomic mass is 35.5. The van der Waals surface area contributed by atoms with E-state index in [0.29, 0.717) is 9.92 Å². The molecule has 0 amide bonds. The fourth-order valence-electron chi connectivity index (χ4n) is 1.21. The van der Waals surface area contributed by atoms with Gasteiger partial charge in [0.2, 0.25) is 0 Å². The fraction of sp³-hybridized carbons (Fsp3) is 0. The third kappa shape index (κ3) is 2.95. The van der Waals surface area contributed by atoms with Crippen LogP contribution in [0.4, 0.5) is 0 Å². The van der Waals surface area contributed by atoms with Gasteiger partial charge in [-0.15, -0.1) is 0 Å². The number of aromatic nitrogens is 2. The summed E-state index contributed by atoms with van der Waals surface area (Å²) in [5.74, 6) is -1.07. The molecule has 4 nitrogen and oxygen atoms in total. The van der Waals surface area contributed by atoms with E-state index in [9.17, 15) is 4.79 Å². The monoisotopic (exact) mass is 266 g/mol. The number of carbonyl (C=O) groups is 1. The number of halogens is 1. The average Bonchev–Trinajstić information content (AvgIpc) is 2.29. The number of hydrogen-bond donors (Lipinski definition) is 1. The average molecular weight is 267 g/mol. The van der Waals surface area contributed by atoms with Gasteiger partial charge in [-0.2, -0.15) is 0 Å². The quantitative estimate of drug-likeness (QED) is 0.925. The van der Waals surface area contributed by atoms with Gasteiger partial charge in [0.25, 0.3) is 0 Å². The highest BCUT2D eigenvalue weighted by Gasteiger charge is 2.12. The molecular weight excluding hydrogens is 260 g/mol. The Bertz CT molecular complexity index is 563. The molecule has 0 aliphatic heterocycles. The van der Waals surface area contributed by atoms with Gasteiger partial charge in [0.05, 0.1) is 4.90 Å². The van der Waals surface area contributed by atoms with Crippen LogP contribution in [-0.4, -0.2) is 21.0 Å². The van der Waals surface area contributed by atoms with Crippen molar-refractivity contribution in [2.45, 2.75) is 9.79 Å². The topological polar surface area (TPSA) is 63.1 Å². The van der Waals surface area contributed by atoms with E-state index in [-0.39, 0.29) is 5.69 Å². The number of benzene rings is 1. The predicted molar refractivity (Wildman–Crippen MR) is 64.6 cm³/mol. The van der Waals surface area contributed by atoms with Crippen LogP contribution >= 0.6 is 23.4 Å². The smallest absolute Gasteiger partial charge is 0.355 e. The summed E-state index contributed by atoms with van der Waals surface area (Å²) in [6.07, 6.45) is 2.69. The first-order chi connectivity index (χ1) is 8.16. The minimum absolute atomic E-state index is 0.00928. The van der Waals surface area contributed by atoms with Gasteiger partial charge in [0, 0.05) is 16.1 Å². The molecule has 1 heterocycles. The zero-order chi connectivity index (χ0) is 12.3. The normalized spacial score (nSPS) is 10.2. The van der Waals surface area contributed by atoms with Crippen molar-refractivity contribution in [1.82, 2.24) is 9.97 Å². The largest absolute Gasteiger partial charge is 0.476 e. The Morgan fingerprint density at radius 1 is 1.41 bits per heavy atom. The number of carboxylic acids is 1. The molecule has 86 valence electrons. The van der Waals surface area contributed by atoms with Crippen LogP contribution in [0.2, 0.25) is 5.02 Å². The molecule has 0 aliphatic carbocycles. The van der Waals surface area contributed by atoms with Gasteiger partial charge in [0.1, 0.15) is 6.33 Å². The summed E-state index contributed by atoms with van der Waals surface area (Å²) in [6, 6.07) is 7.15. The van der Waals surface area contributed by atoms with E-state index in [4.69, 9.17) is 16.7 Å². The summed E-state index contributed by atoms with van der Waals surface area (Å²) in [7, 11) is 0. The van der Waals surface area contributed by atoms with Crippen LogP contribution in [0.15, 0.2) is 46.6 Å². The lowest BCUT2D eigenvalue weighted by Crippen LogP contribution is -2.02. The molecule has 1 aromatic heterocycles. The Hall–Kier alpha value is -1.59. The predicted octanol–water partition coefficient (Wildman–Crippen LogP) is 2.98. The fourth-order valence-corrected chi connectivity index (χ4v) is 2.40. The van der Waals surface area contributed by atoms with Gasteiger partial charge in [0.15, 0.2) is 5.69 Å². The Balaban J connectivity index is 2.33. The molecule has 17 heavy (non-hydrogen) atoms. The molecule has 0 unspecified atom stereocenters. The van der Waals surface area contributed by atoms with Gasteiger partial charge in [-0.25, -0.2) is 14.8 Å². The van der Waals surface area contributed by atoms with E-state index in [1.54, 1.807) is 18.2 Å². The van der Waals surface area contributed by atoms with Crippen molar-refractivity contribution < 1.29 is 9.90 Å². The van der Waals surface area contributed by atoms with Crippen LogP contribution < -0.4 is 0 Å². The number of aromatic carboxylic acids is 1. The van der Waals surface area contributed by atoms with Crippen LogP contribution in [0.1, 0.15) is 10.5 Å². The van der Waals surface area contributed by atoms with E-state index in [2.05, 4.69) is 9.97 Å². The van der Waals surface area contributed by atoms with Crippen molar-refractivity contribution in [2.24, 2.45) is 0 Å². The highest BCUT2D eigenvalue weighted by Crippen LogP contribution is 2.30. The van der Waals surface area contributed by atoms with Crippen LogP contribution in [0.5, 0.6) is 0 Å². The molecule has 0 saturated carbocycles. The minimum Gasteiger partial charge on any atom is -0.476 e. The summed E-state index contributed by atoms with van der Waals surface area (Å²) in [5.41, 5.74) is -0.00928. The maximum absolute atomic E-state index is 10.9. The minimum atomic E-state index is -1.07. The van der Waals surface area contributed by atoms with Gasteiger partial charge >= 0.3 is 5.97 Å². The van der Waals surface area contributed by atoms with Gasteiger partial charge < -0.3 is 5.11 Å². The molecule has 0 fully saturated rings. The zero-order valence-electron chi connectivity index (χ0n) is 8.50. The molecule has 0 saturated heterocycles. The number of rotatable bonds is 3. The molecule has 6 heteroatoms. The summed E-state index contributed by atoms with van der Waals surface area (Å²) < 4.78 is 0. The number of hydrogen-bond acceptors (Lipinski definition) is 4. The first-order valence-electron chi connectivity index (χ1n) is 4.63. The molecule has 1 N–H and O–H groups in total. The van der Waals surface area contributed by atoms with E-state index in [0.717, 1.165) is 4.90 Å². The van der Waals surface area contributed by atoms with Gasteiger partial charge in [-0.05, 0) is 18.2 Å². The van der Waals surface area contributed by atoms with E-state index < -0.39 is 5.97 Å². The molecule has 0 aliphatic rings. The van der Waals surface area contributed by atoms with Gasteiger partial charge in [-0.1, -0.05) is 29.4 Å². The third-order valence-electron chi connectivity index (χ3n) is 1.91. The molecular formula is C11H7ClN2O2S. The number of carboxylic acid groups (broad SMARTS) is 1. The maximum atomic E-state index is 10.9. The second-order valence-electron chi connectivity index (χ2n) is 3.10. The lowest BCUT2D eigenvalue weighted by Gasteiger charge is -2.04. The van der Waals surface area contributed by atoms with Crippen LogP contribution in [0.25, 0.3) is 0 Å². The summed E-state index contributed by atoms with van der Waals surface area (Å²) >= 11 is 7.12. The van der Waals surface area contributed by atoms with E-state index in [1.165, 1.54) is 24.3 Å². The zero-order valence-corrected chi connectivity index (χ0v) is 10.1. The standard InChI is InChI=1S/C11H7ClN2O2S/c12-7-2-1-3-8(4-7)17-9-5-13-6-14-10(9)11(15)16/h1-6H,(H,15,16). The van der Waals surface area contributed by atoms with Crippen molar-refractivity contribution in [3.63, 3.8) is 0 Å². The van der Waals surface area contributed by atoms with Crippen LogP contribution in [-0.2, 0) is 0 Å². The first-order valence-corrected chi connectivity index (χ1v) is 5.83. The molecule has 0 spiro atoms. The van der Waals surface area contributed by atoms with Crippen molar-refractivity contribution in [3.05, 3.63) is 47.5 Å². The Morgan fingerprint density at radius 2 is 2.24 bits per heavy atom. The van der Waals surface area contributed by atoms with Crippen LogP contribution in [0, 0.1) is 0 Å². The van der Waals surface area contributed by atoms with Crippen molar-refractivity contribution >= 4 is 29.3 Å². The lowest BCUT2D eigenvalue weighted by molar-refractivity contribution is 0.0686. The van der Waals surface area contributed by atoms with E-state index in [1.807, 2.05) is 6.07 Å². The molecule has 1 aromatic carbocycles. The summed E-state index contributed by atoms with van der Waals surface area (Å²) in [6.45, 7) is 0. The third-order valence-corrected chi connectivity index (χ3v) is 3.15. The lowest BCUT2D eigenvalue weighted by atomic mass is 10.4. The highest BCUT2D eigenvalue weighted by molar-refractivity contribution is 7.99. The van der Waals surface area contributed by atoms with Crippen molar-refractivity contribution in [1.29, 1.82) is 0 Å². The van der Waals surface area contributed by atoms with Crippen LogP contribution in [0.3, 0.4) is 0 Å². The molecule has 0 bridgehead atoms. The molecule has 2 aromatic rings.